The Kier molecular flexibility index (Phi) is 44.7. The molecule has 0 radical (unpaired) electrons. The summed E-state index contributed by atoms with van der Waals surface area (Å²) in [6, 6.07) is 0. The summed E-state index contributed by atoms with van der Waals surface area (Å²) in [5.41, 5.74) is 15.1. The fourth-order valence-corrected chi connectivity index (χ4v) is 5.38. The lowest BCUT2D eigenvalue weighted by Crippen LogP contribution is -2.21. The van der Waals surface area contributed by atoms with Crippen molar-refractivity contribution in [1.82, 2.24) is 0 Å². The zero-order chi connectivity index (χ0) is 35.0. The number of nitrogens with one attached hydrogen (secondary N) is 2. The Balaban J connectivity index is -0.000000671. The van der Waals surface area contributed by atoms with Crippen LogP contribution in [0.15, 0.2) is 0 Å². The molecule has 9 N–H and O–H groups in total. The first-order chi connectivity index (χ1) is 22.1. The summed E-state index contributed by atoms with van der Waals surface area (Å²) in [7, 11) is -4.38. The topological polar surface area (TPSA) is 180 Å². The van der Waals surface area contributed by atoms with E-state index in [4.69, 9.17) is 26.8 Å². The van der Waals surface area contributed by atoms with Crippen molar-refractivity contribution in [2.45, 2.75) is 219 Å². The van der Waals surface area contributed by atoms with Gasteiger partial charge in [0.05, 0.1) is 5.84 Å². The lowest BCUT2D eigenvalue weighted by Gasteiger charge is -2.03. The maximum absolute atomic E-state index is 9.54. The van der Waals surface area contributed by atoms with Crippen molar-refractivity contribution in [2.24, 2.45) is 17.2 Å². The standard InChI is InChI=1S/C19H40N2.C17H37N.CH4N2O3S/c1-2-3-4-5-6-7-8-9-10-11-12-13-14-15-16-17-18-19(20)21;1-2-3-4-5-6-7-8-9-10-11-12-13-14-15-16-17-18;2-1(3)7(4,5)6/h2-18H2,1H3,(H3,20,21);2-18H2,1H3;(H3,2,3)(H,4,5,6). The highest BCUT2D eigenvalue weighted by molar-refractivity contribution is 8.01. The fourth-order valence-electron chi connectivity index (χ4n) is 5.38. The summed E-state index contributed by atoms with van der Waals surface area (Å²) in [4.78, 5) is 0. The molecule has 0 rings (SSSR count). The summed E-state index contributed by atoms with van der Waals surface area (Å²) < 4.78 is 26.8. The highest BCUT2D eigenvalue weighted by Crippen LogP contribution is 2.15. The van der Waals surface area contributed by atoms with E-state index in [0.717, 1.165) is 19.4 Å². The van der Waals surface area contributed by atoms with E-state index in [9.17, 15) is 8.42 Å². The van der Waals surface area contributed by atoms with E-state index in [1.807, 2.05) is 0 Å². The zero-order valence-electron chi connectivity index (χ0n) is 30.7. The van der Waals surface area contributed by atoms with E-state index in [-0.39, 0.29) is 0 Å². The van der Waals surface area contributed by atoms with Crippen LogP contribution in [0.4, 0.5) is 0 Å². The van der Waals surface area contributed by atoms with Crippen LogP contribution in [0, 0.1) is 10.8 Å². The smallest absolute Gasteiger partial charge is 0.327 e. The molecule has 0 aromatic rings. The molecule has 0 aliphatic heterocycles. The van der Waals surface area contributed by atoms with Gasteiger partial charge in [-0.15, -0.1) is 0 Å². The summed E-state index contributed by atoms with van der Waals surface area (Å²) in [5.74, 6) is 0.348. The van der Waals surface area contributed by atoms with Gasteiger partial charge in [-0.3, -0.25) is 15.4 Å². The fraction of sp³-hybridized carbons (Fsp3) is 0.946. The molecule has 0 saturated carbocycles. The molecule has 8 nitrogen and oxygen atoms in total. The number of unbranched alkanes of at least 4 members (excludes halogenated alkanes) is 29. The Bertz CT molecular complexity index is 704. The largest absolute Gasteiger partial charge is 0.388 e. The third-order valence-corrected chi connectivity index (χ3v) is 8.94. The molecular weight excluding hydrogens is 595 g/mol. The van der Waals surface area contributed by atoms with Gasteiger partial charge in [-0.25, -0.2) is 0 Å². The van der Waals surface area contributed by atoms with Crippen LogP contribution in [0.5, 0.6) is 0 Å². The van der Waals surface area contributed by atoms with Crippen LogP contribution in [0.3, 0.4) is 0 Å². The first kappa shape index (κ1) is 49.2. The second-order valence-electron chi connectivity index (χ2n) is 13.2. The average Bonchev–Trinajstić information content (AvgIpc) is 3.01. The van der Waals surface area contributed by atoms with Crippen molar-refractivity contribution in [3.8, 4) is 0 Å². The van der Waals surface area contributed by atoms with Crippen LogP contribution in [-0.2, 0) is 10.1 Å². The molecule has 0 aromatic carbocycles. The van der Waals surface area contributed by atoms with Gasteiger partial charge in [-0.05, 0) is 19.4 Å². The summed E-state index contributed by atoms with van der Waals surface area (Å²) in [6.45, 7) is 5.44. The van der Waals surface area contributed by atoms with E-state index in [1.165, 1.54) is 193 Å². The molecule has 0 aliphatic carbocycles. The van der Waals surface area contributed by atoms with E-state index >= 15 is 0 Å². The van der Waals surface area contributed by atoms with Crippen molar-refractivity contribution in [1.29, 1.82) is 10.8 Å². The Hall–Kier alpha value is -1.19. The van der Waals surface area contributed by atoms with E-state index in [0.29, 0.717) is 5.84 Å². The van der Waals surface area contributed by atoms with Crippen molar-refractivity contribution >= 4 is 21.1 Å². The van der Waals surface area contributed by atoms with Gasteiger partial charge in [0, 0.05) is 6.42 Å². The molecule has 0 atom stereocenters. The van der Waals surface area contributed by atoms with Gasteiger partial charge in [-0.1, -0.05) is 200 Å². The molecule has 0 bridgehead atoms. The molecule has 0 aliphatic rings. The number of amidine groups is 2. The van der Waals surface area contributed by atoms with Crippen LogP contribution in [-0.4, -0.2) is 30.5 Å². The minimum absolute atomic E-state index is 0.348. The molecule has 278 valence electrons. The molecule has 0 saturated heterocycles. The predicted octanol–water partition coefficient (Wildman–Crippen LogP) is 11.2. The summed E-state index contributed by atoms with van der Waals surface area (Å²) >= 11 is 0. The molecule has 0 fully saturated rings. The van der Waals surface area contributed by atoms with Gasteiger partial charge >= 0.3 is 10.1 Å². The molecular formula is C37H81N5O3S. The van der Waals surface area contributed by atoms with Crippen molar-refractivity contribution in [3.63, 3.8) is 0 Å². The van der Waals surface area contributed by atoms with E-state index < -0.39 is 15.3 Å². The van der Waals surface area contributed by atoms with E-state index in [2.05, 4.69) is 19.6 Å². The first-order valence-corrected chi connectivity index (χ1v) is 20.9. The lowest BCUT2D eigenvalue weighted by atomic mass is 10.0. The third kappa shape index (κ3) is 52.3. The maximum Gasteiger partial charge on any atom is 0.327 e. The quantitative estimate of drug-likeness (QED) is 0.0178. The predicted molar refractivity (Wildman–Crippen MR) is 204 cm³/mol. The Labute approximate surface area is 287 Å². The first-order valence-electron chi connectivity index (χ1n) is 19.5. The van der Waals surface area contributed by atoms with Crippen LogP contribution in [0.25, 0.3) is 0 Å². The number of hydrogen-bond acceptors (Lipinski definition) is 5. The third-order valence-electron chi connectivity index (χ3n) is 8.39. The Morgan fingerprint density at radius 1 is 0.457 bits per heavy atom. The van der Waals surface area contributed by atoms with Gasteiger partial charge in [0.1, 0.15) is 0 Å². The molecule has 46 heavy (non-hydrogen) atoms. The van der Waals surface area contributed by atoms with Gasteiger partial charge < -0.3 is 17.2 Å². The van der Waals surface area contributed by atoms with Crippen LogP contribution in [0.2, 0.25) is 0 Å². The normalized spacial score (nSPS) is 11.0. The van der Waals surface area contributed by atoms with Crippen molar-refractivity contribution in [3.05, 3.63) is 0 Å². The van der Waals surface area contributed by atoms with Crippen molar-refractivity contribution in [2.75, 3.05) is 6.54 Å². The molecule has 0 spiro atoms. The molecule has 9 heteroatoms. The SMILES string of the molecule is CCCCCCCCCCCCCCCCCCC(=N)N.CCCCCCCCCCCCCCCCCN.N=C(N)S(=O)(=O)O. The number of rotatable bonds is 32. The number of nitrogens with two attached hydrogens (primary N) is 3. The minimum atomic E-state index is -4.38. The summed E-state index contributed by atoms with van der Waals surface area (Å²) in [5, 5.41) is 12.0. The van der Waals surface area contributed by atoms with Gasteiger partial charge in [-0.2, -0.15) is 8.42 Å². The van der Waals surface area contributed by atoms with Gasteiger partial charge in [0.2, 0.25) is 5.17 Å². The average molecular weight is 676 g/mol. The van der Waals surface area contributed by atoms with Gasteiger partial charge in [0.15, 0.2) is 0 Å². The van der Waals surface area contributed by atoms with E-state index in [1.54, 1.807) is 0 Å². The maximum atomic E-state index is 9.54. The zero-order valence-corrected chi connectivity index (χ0v) is 31.6. The van der Waals surface area contributed by atoms with Crippen LogP contribution >= 0.6 is 0 Å². The molecule has 0 amide bonds. The molecule has 0 unspecified atom stereocenters. The number of hydrogen-bond donors (Lipinski definition) is 6. The van der Waals surface area contributed by atoms with Crippen LogP contribution in [0.1, 0.15) is 219 Å². The van der Waals surface area contributed by atoms with Crippen molar-refractivity contribution < 1.29 is 13.0 Å². The second-order valence-corrected chi connectivity index (χ2v) is 14.5. The highest BCUT2D eigenvalue weighted by atomic mass is 32.2. The molecule has 0 aromatic heterocycles. The highest BCUT2D eigenvalue weighted by Gasteiger charge is 2.05. The minimum Gasteiger partial charge on any atom is -0.388 e. The summed E-state index contributed by atoms with van der Waals surface area (Å²) in [6.07, 6.45) is 44.4. The Morgan fingerprint density at radius 3 is 0.826 bits per heavy atom. The molecule has 0 heterocycles. The van der Waals surface area contributed by atoms with Gasteiger partial charge in [0.25, 0.3) is 0 Å². The second kappa shape index (κ2) is 41.8. The lowest BCUT2D eigenvalue weighted by molar-refractivity contribution is 0.497. The Morgan fingerprint density at radius 2 is 0.652 bits per heavy atom. The van der Waals surface area contributed by atoms with Crippen LogP contribution < -0.4 is 17.2 Å². The monoisotopic (exact) mass is 676 g/mol.